The highest BCUT2D eigenvalue weighted by Gasteiger charge is 2.16. The first-order chi connectivity index (χ1) is 13.2. The molecule has 2 heterocycles. The average molecular weight is 403 g/mol. The molecule has 1 aliphatic heterocycles. The zero-order chi connectivity index (χ0) is 18.9. The summed E-state index contributed by atoms with van der Waals surface area (Å²) in [6.45, 7) is 1.97. The fraction of sp³-hybridized carbons (Fsp3) is 0.350. The van der Waals surface area contributed by atoms with Crippen LogP contribution in [0.25, 0.3) is 0 Å². The van der Waals surface area contributed by atoms with E-state index in [9.17, 15) is 4.79 Å². The number of hydrogen-bond donors (Lipinski definition) is 1. The van der Waals surface area contributed by atoms with Gasteiger partial charge in [-0.05, 0) is 37.1 Å². The zero-order valence-electron chi connectivity index (χ0n) is 15.1. The van der Waals surface area contributed by atoms with Crippen molar-refractivity contribution in [3.8, 4) is 0 Å². The Bertz CT molecular complexity index is 759. The van der Waals surface area contributed by atoms with Gasteiger partial charge in [0.25, 0.3) is 0 Å². The van der Waals surface area contributed by atoms with Crippen LogP contribution >= 0.6 is 23.4 Å². The number of nitrogens with zero attached hydrogens (tertiary/aromatic N) is 3. The number of hydrogen-bond acceptors (Lipinski definition) is 4. The Kier molecular flexibility index (Phi) is 7.54. The number of pyridine rings is 1. The number of amides is 1. The number of likely N-dealkylation sites (tertiary alicyclic amines) is 1. The Balaban J connectivity index is 1.66. The highest BCUT2D eigenvalue weighted by Crippen LogP contribution is 2.21. The fourth-order valence-electron chi connectivity index (χ4n) is 2.83. The first-order valence-corrected chi connectivity index (χ1v) is 10.5. The van der Waals surface area contributed by atoms with Gasteiger partial charge in [0.1, 0.15) is 5.82 Å². The molecule has 1 amide bonds. The Morgan fingerprint density at radius 2 is 1.85 bits per heavy atom. The standard InChI is InChI=1S/C20H23ClN4OS/c21-16-10-11-18(22-14-16)24-19(26)15-27-20(23-17-8-4-3-5-9-17)25-12-6-1-2-7-13-25/h3-5,8-11,14H,1-2,6-7,12-13,15H2,(H,22,24,26). The maximum absolute atomic E-state index is 12.3. The van der Waals surface area contributed by atoms with Gasteiger partial charge in [0.15, 0.2) is 5.17 Å². The summed E-state index contributed by atoms with van der Waals surface area (Å²) in [7, 11) is 0. The molecule has 5 nitrogen and oxygen atoms in total. The third kappa shape index (κ3) is 6.56. The van der Waals surface area contributed by atoms with Crippen molar-refractivity contribution in [3.05, 3.63) is 53.7 Å². The van der Waals surface area contributed by atoms with Crippen molar-refractivity contribution in [1.82, 2.24) is 9.88 Å². The molecule has 0 saturated carbocycles. The van der Waals surface area contributed by atoms with Gasteiger partial charge in [-0.2, -0.15) is 0 Å². The summed E-state index contributed by atoms with van der Waals surface area (Å²) >= 11 is 7.30. The van der Waals surface area contributed by atoms with Crippen LogP contribution in [0.3, 0.4) is 0 Å². The van der Waals surface area contributed by atoms with E-state index in [1.165, 1.54) is 30.8 Å². The van der Waals surface area contributed by atoms with Crippen LogP contribution in [0.15, 0.2) is 53.7 Å². The Hall–Kier alpha value is -2.05. The molecule has 7 heteroatoms. The van der Waals surface area contributed by atoms with Crippen molar-refractivity contribution in [2.75, 3.05) is 24.2 Å². The Morgan fingerprint density at radius 1 is 1.11 bits per heavy atom. The van der Waals surface area contributed by atoms with Gasteiger partial charge in [-0.1, -0.05) is 54.4 Å². The highest BCUT2D eigenvalue weighted by molar-refractivity contribution is 8.14. The van der Waals surface area contributed by atoms with Crippen molar-refractivity contribution in [1.29, 1.82) is 0 Å². The maximum atomic E-state index is 12.3. The van der Waals surface area contributed by atoms with E-state index in [1.54, 1.807) is 12.1 Å². The van der Waals surface area contributed by atoms with Gasteiger partial charge < -0.3 is 10.2 Å². The highest BCUT2D eigenvalue weighted by atomic mass is 35.5. The van der Waals surface area contributed by atoms with Crippen molar-refractivity contribution >= 4 is 45.9 Å². The molecule has 1 aliphatic rings. The normalized spacial score (nSPS) is 15.3. The molecule has 0 aliphatic carbocycles. The number of amidine groups is 1. The molecule has 0 spiro atoms. The van der Waals surface area contributed by atoms with E-state index in [0.29, 0.717) is 10.8 Å². The number of thioether (sulfide) groups is 1. The van der Waals surface area contributed by atoms with Crippen molar-refractivity contribution in [2.45, 2.75) is 25.7 Å². The lowest BCUT2D eigenvalue weighted by Crippen LogP contribution is -2.31. The number of rotatable bonds is 4. The van der Waals surface area contributed by atoms with Gasteiger partial charge in [-0.25, -0.2) is 9.98 Å². The largest absolute Gasteiger partial charge is 0.351 e. The molecule has 1 aromatic carbocycles. The molecule has 3 rings (SSSR count). The number of aliphatic imine (C=N–C) groups is 1. The summed E-state index contributed by atoms with van der Waals surface area (Å²) < 4.78 is 0. The first-order valence-electron chi connectivity index (χ1n) is 9.13. The summed E-state index contributed by atoms with van der Waals surface area (Å²) in [5.41, 5.74) is 0.907. The lowest BCUT2D eigenvalue weighted by atomic mass is 10.2. The van der Waals surface area contributed by atoms with Crippen LogP contribution < -0.4 is 5.32 Å². The maximum Gasteiger partial charge on any atom is 0.236 e. The van der Waals surface area contributed by atoms with Crippen LogP contribution in [-0.2, 0) is 4.79 Å². The molecule has 142 valence electrons. The quantitative estimate of drug-likeness (QED) is 0.579. The number of halogens is 1. The molecule has 27 heavy (non-hydrogen) atoms. The van der Waals surface area contributed by atoms with Gasteiger partial charge in [-0.15, -0.1) is 0 Å². The van der Waals surface area contributed by atoms with Gasteiger partial charge in [0.2, 0.25) is 5.91 Å². The summed E-state index contributed by atoms with van der Waals surface area (Å²) in [4.78, 5) is 23.5. The van der Waals surface area contributed by atoms with Crippen LogP contribution in [-0.4, -0.2) is 39.8 Å². The van der Waals surface area contributed by atoms with Gasteiger partial charge >= 0.3 is 0 Å². The van der Waals surface area contributed by atoms with Crippen molar-refractivity contribution < 1.29 is 4.79 Å². The van der Waals surface area contributed by atoms with Crippen LogP contribution in [0.4, 0.5) is 11.5 Å². The van der Waals surface area contributed by atoms with Crippen molar-refractivity contribution in [2.24, 2.45) is 4.99 Å². The van der Waals surface area contributed by atoms with Gasteiger partial charge in [0, 0.05) is 19.3 Å². The smallest absolute Gasteiger partial charge is 0.236 e. The summed E-state index contributed by atoms with van der Waals surface area (Å²) in [5, 5.41) is 4.25. The number of carbonyl (C=O) groups excluding carboxylic acids is 1. The SMILES string of the molecule is O=C(CSC(=Nc1ccccc1)N1CCCCCC1)Nc1ccc(Cl)cn1. The second-order valence-electron chi connectivity index (χ2n) is 6.33. The molecule has 0 unspecified atom stereocenters. The van der Waals surface area contributed by atoms with E-state index in [0.717, 1.165) is 36.8 Å². The molecule has 1 fully saturated rings. The zero-order valence-corrected chi connectivity index (χ0v) is 16.7. The van der Waals surface area contributed by atoms with E-state index >= 15 is 0 Å². The number of benzene rings is 1. The summed E-state index contributed by atoms with van der Waals surface area (Å²) in [6, 6.07) is 13.3. The van der Waals surface area contributed by atoms with Gasteiger partial charge in [0.05, 0.1) is 16.5 Å². The van der Waals surface area contributed by atoms with E-state index in [-0.39, 0.29) is 11.7 Å². The number of para-hydroxylation sites is 1. The second-order valence-corrected chi connectivity index (χ2v) is 7.71. The monoisotopic (exact) mass is 402 g/mol. The fourth-order valence-corrected chi connectivity index (χ4v) is 3.81. The van der Waals surface area contributed by atoms with Crippen LogP contribution in [0.5, 0.6) is 0 Å². The third-order valence-corrected chi connectivity index (χ3v) is 5.42. The predicted molar refractivity (Wildman–Crippen MR) is 114 cm³/mol. The van der Waals surface area contributed by atoms with Crippen LogP contribution in [0, 0.1) is 0 Å². The Labute approximate surface area is 169 Å². The molecule has 2 aromatic rings. The molecule has 1 saturated heterocycles. The lowest BCUT2D eigenvalue weighted by molar-refractivity contribution is -0.113. The number of aromatic nitrogens is 1. The average Bonchev–Trinajstić information content (AvgIpc) is 2.97. The number of nitrogens with one attached hydrogen (secondary N) is 1. The van der Waals surface area contributed by atoms with E-state index in [4.69, 9.17) is 16.6 Å². The minimum atomic E-state index is -0.106. The number of carbonyl (C=O) groups is 1. The van der Waals surface area contributed by atoms with E-state index in [2.05, 4.69) is 15.2 Å². The predicted octanol–water partition coefficient (Wildman–Crippen LogP) is 4.97. The number of anilines is 1. The van der Waals surface area contributed by atoms with E-state index < -0.39 is 0 Å². The van der Waals surface area contributed by atoms with Gasteiger partial charge in [-0.3, -0.25) is 4.79 Å². The summed E-state index contributed by atoms with van der Waals surface area (Å²) in [5.74, 6) is 0.679. The molecular weight excluding hydrogens is 380 g/mol. The molecule has 0 bridgehead atoms. The minimum Gasteiger partial charge on any atom is -0.351 e. The lowest BCUT2D eigenvalue weighted by Gasteiger charge is -2.23. The summed E-state index contributed by atoms with van der Waals surface area (Å²) in [6.07, 6.45) is 6.35. The molecule has 1 N–H and O–H groups in total. The minimum absolute atomic E-state index is 0.106. The first kappa shape index (κ1) is 19.7. The van der Waals surface area contributed by atoms with Crippen molar-refractivity contribution in [3.63, 3.8) is 0 Å². The van der Waals surface area contributed by atoms with E-state index in [1.807, 2.05) is 30.3 Å². The van der Waals surface area contributed by atoms with Crippen LogP contribution in [0.1, 0.15) is 25.7 Å². The second kappa shape index (κ2) is 10.3. The Morgan fingerprint density at radius 3 is 2.52 bits per heavy atom. The van der Waals surface area contributed by atoms with Crippen LogP contribution in [0.2, 0.25) is 5.02 Å². The molecule has 0 atom stereocenters. The molecule has 1 aromatic heterocycles. The topological polar surface area (TPSA) is 57.6 Å². The third-order valence-electron chi connectivity index (χ3n) is 4.18. The molecular formula is C20H23ClN4OS. The molecule has 0 radical (unpaired) electrons.